The lowest BCUT2D eigenvalue weighted by molar-refractivity contribution is -0.161. The summed E-state index contributed by atoms with van der Waals surface area (Å²) in [5.74, 6) is -0.718. The fourth-order valence-electron chi connectivity index (χ4n) is 9.87. The molecule has 0 aliphatic rings. The second-order valence-electron chi connectivity index (χ2n) is 25.2. The predicted molar refractivity (Wildman–Crippen MR) is 354 cm³/mol. The molecule has 0 saturated carbocycles. The average molecular weight is 1290 g/mol. The number of carbonyl (C=O) groups excluding carboxylic acids is 4. The van der Waals surface area contributed by atoms with E-state index >= 15 is 0 Å². The van der Waals surface area contributed by atoms with Crippen LogP contribution in [0.4, 0.5) is 0 Å². The van der Waals surface area contributed by atoms with Gasteiger partial charge >= 0.3 is 39.5 Å². The molecule has 2 unspecified atom stereocenters. The highest BCUT2D eigenvalue weighted by atomic mass is 31.2. The van der Waals surface area contributed by atoms with Crippen LogP contribution in [0.2, 0.25) is 0 Å². The lowest BCUT2D eigenvalue weighted by Crippen LogP contribution is -2.30. The van der Waals surface area contributed by atoms with Crippen LogP contribution in [0.5, 0.6) is 0 Å². The van der Waals surface area contributed by atoms with Crippen LogP contribution < -0.4 is 0 Å². The summed E-state index contributed by atoms with van der Waals surface area (Å²) >= 11 is 0. The van der Waals surface area contributed by atoms with Gasteiger partial charge in [0.2, 0.25) is 0 Å². The van der Waals surface area contributed by atoms with E-state index in [4.69, 9.17) is 37.0 Å². The Labute approximate surface area is 535 Å². The smallest absolute Gasteiger partial charge is 0.462 e. The third-order valence-electron chi connectivity index (χ3n) is 15.3. The van der Waals surface area contributed by atoms with Gasteiger partial charge in [-0.1, -0.05) is 271 Å². The van der Waals surface area contributed by atoms with Crippen LogP contribution in [-0.2, 0) is 65.4 Å². The van der Waals surface area contributed by atoms with E-state index in [0.29, 0.717) is 25.7 Å². The van der Waals surface area contributed by atoms with Crippen LogP contribution in [0.1, 0.15) is 324 Å². The maximum Gasteiger partial charge on any atom is 0.472 e. The van der Waals surface area contributed by atoms with Crippen molar-refractivity contribution in [1.29, 1.82) is 0 Å². The molecule has 0 aliphatic carbocycles. The van der Waals surface area contributed by atoms with E-state index in [1.54, 1.807) is 0 Å². The molecule has 0 bridgehead atoms. The number of aliphatic hydroxyl groups excluding tert-OH is 1. The highest BCUT2D eigenvalue weighted by Crippen LogP contribution is 2.45. The third-order valence-corrected chi connectivity index (χ3v) is 17.2. The van der Waals surface area contributed by atoms with Gasteiger partial charge in [0.15, 0.2) is 12.2 Å². The molecule has 0 aromatic carbocycles. The zero-order valence-corrected chi connectivity index (χ0v) is 58.3. The van der Waals surface area contributed by atoms with Gasteiger partial charge in [-0.15, -0.1) is 0 Å². The van der Waals surface area contributed by atoms with Crippen molar-refractivity contribution in [2.75, 3.05) is 39.6 Å². The standard InChI is InChI=1S/C69H130O17P2/c1-7-9-11-13-15-17-19-20-21-22-24-26-35-41-47-53-68(73)85-64(58-80-67(72)52-46-40-34-29-27-31-37-43-49-61(3)4)59-83-87(75,76)81-55-63(70)56-82-88(77,78)84-60-65(86-69(74)54-48-42-36-30-28-32-38-44-50-62(5)6)57-79-66(71)51-45-39-33-25-23-18-16-14-12-10-8-2/h17,19-21,61-65,70H,7-16,18,22-60H2,1-6H3,(H,75,76)(H,77,78)/b19-17-,21-20-/t63-,64-,65-/m1/s1. The first kappa shape index (κ1) is 85.5. The third kappa shape index (κ3) is 62.4. The van der Waals surface area contributed by atoms with E-state index in [1.807, 2.05) is 0 Å². The maximum absolute atomic E-state index is 13.0. The highest BCUT2D eigenvalue weighted by molar-refractivity contribution is 7.47. The number of ether oxygens (including phenoxy) is 4. The lowest BCUT2D eigenvalue weighted by Gasteiger charge is -2.21. The molecule has 5 atom stereocenters. The Kier molecular flexibility index (Phi) is 59.1. The average Bonchev–Trinajstić information content (AvgIpc) is 3.54. The van der Waals surface area contributed by atoms with Gasteiger partial charge < -0.3 is 33.8 Å². The monoisotopic (exact) mass is 1290 g/mol. The number of carbonyl (C=O) groups is 4. The van der Waals surface area contributed by atoms with E-state index in [1.165, 1.54) is 122 Å². The normalized spacial score (nSPS) is 14.4. The van der Waals surface area contributed by atoms with Crippen LogP contribution >= 0.6 is 15.6 Å². The van der Waals surface area contributed by atoms with Crippen LogP contribution in [0.3, 0.4) is 0 Å². The SMILES string of the molecule is CCCCCC/C=C\C=C/CCCCCCCC(=O)O[C@H](COC(=O)CCCCCCCCCCC(C)C)COP(=O)(O)OC[C@@H](O)COP(=O)(O)OC[C@@H](COC(=O)CCCCCCCCCCCCC)OC(=O)CCCCCCCCCCC(C)C. The first-order valence-electron chi connectivity index (χ1n) is 35.3. The van der Waals surface area contributed by atoms with Crippen LogP contribution in [0.25, 0.3) is 0 Å². The Bertz CT molecular complexity index is 1810. The second-order valence-corrected chi connectivity index (χ2v) is 28.1. The Morgan fingerprint density at radius 1 is 0.352 bits per heavy atom. The molecular weight excluding hydrogens is 1160 g/mol. The molecule has 0 heterocycles. The fourth-order valence-corrected chi connectivity index (χ4v) is 11.5. The Morgan fingerprint density at radius 2 is 0.614 bits per heavy atom. The van der Waals surface area contributed by atoms with Crippen molar-refractivity contribution in [3.8, 4) is 0 Å². The van der Waals surface area contributed by atoms with Gasteiger partial charge in [-0.05, 0) is 63.2 Å². The molecule has 0 saturated heterocycles. The summed E-state index contributed by atoms with van der Waals surface area (Å²) in [7, 11) is -9.91. The van der Waals surface area contributed by atoms with Crippen molar-refractivity contribution in [3.05, 3.63) is 24.3 Å². The lowest BCUT2D eigenvalue weighted by atomic mass is 10.0. The number of phosphoric ester groups is 2. The van der Waals surface area contributed by atoms with E-state index < -0.39 is 97.5 Å². The van der Waals surface area contributed by atoms with E-state index in [-0.39, 0.29) is 25.7 Å². The summed E-state index contributed by atoms with van der Waals surface area (Å²) in [6.45, 7) is 9.39. The first-order valence-corrected chi connectivity index (χ1v) is 38.3. The number of rotatable bonds is 66. The Morgan fingerprint density at radius 3 is 0.932 bits per heavy atom. The Hall–Kier alpha value is -2.46. The molecule has 0 aliphatic heterocycles. The molecule has 518 valence electrons. The molecule has 0 aromatic rings. The number of hydrogen-bond donors (Lipinski definition) is 3. The minimum atomic E-state index is -4.96. The van der Waals surface area contributed by atoms with E-state index in [9.17, 15) is 43.2 Å². The van der Waals surface area contributed by atoms with Gasteiger partial charge in [0, 0.05) is 25.7 Å². The van der Waals surface area contributed by atoms with E-state index in [2.05, 4.69) is 65.8 Å². The summed E-state index contributed by atoms with van der Waals surface area (Å²) in [5.41, 5.74) is 0. The van der Waals surface area contributed by atoms with Crippen molar-refractivity contribution >= 4 is 39.5 Å². The highest BCUT2D eigenvalue weighted by Gasteiger charge is 2.30. The van der Waals surface area contributed by atoms with Gasteiger partial charge in [0.05, 0.1) is 26.4 Å². The van der Waals surface area contributed by atoms with Gasteiger partial charge in [-0.3, -0.25) is 37.3 Å². The molecule has 0 aromatic heterocycles. The molecule has 0 radical (unpaired) electrons. The van der Waals surface area contributed by atoms with Gasteiger partial charge in [0.25, 0.3) is 0 Å². The van der Waals surface area contributed by atoms with Gasteiger partial charge in [-0.2, -0.15) is 0 Å². The quantitative estimate of drug-likeness (QED) is 0.0169. The topological polar surface area (TPSA) is 237 Å². The van der Waals surface area contributed by atoms with Crippen LogP contribution in [0, 0.1) is 11.8 Å². The zero-order valence-electron chi connectivity index (χ0n) is 56.5. The predicted octanol–water partition coefficient (Wildman–Crippen LogP) is 19.2. The van der Waals surface area contributed by atoms with Crippen molar-refractivity contribution in [2.45, 2.75) is 342 Å². The van der Waals surface area contributed by atoms with Crippen molar-refractivity contribution in [3.63, 3.8) is 0 Å². The van der Waals surface area contributed by atoms with Crippen LogP contribution in [0.15, 0.2) is 24.3 Å². The largest absolute Gasteiger partial charge is 0.472 e. The summed E-state index contributed by atoms with van der Waals surface area (Å²) in [6, 6.07) is 0. The summed E-state index contributed by atoms with van der Waals surface area (Å²) in [6.07, 6.45) is 48.0. The minimum absolute atomic E-state index is 0.0842. The summed E-state index contributed by atoms with van der Waals surface area (Å²) in [4.78, 5) is 72.4. The molecule has 0 amide bonds. The zero-order chi connectivity index (χ0) is 65.0. The fraction of sp³-hybridized carbons (Fsp3) is 0.884. The molecule has 88 heavy (non-hydrogen) atoms. The number of aliphatic hydroxyl groups is 1. The first-order chi connectivity index (χ1) is 42.4. The maximum atomic E-state index is 13.0. The van der Waals surface area contributed by atoms with Crippen molar-refractivity contribution < 1.29 is 80.2 Å². The Balaban J connectivity index is 5.29. The number of allylic oxidation sites excluding steroid dienone is 4. The van der Waals surface area contributed by atoms with Crippen molar-refractivity contribution in [2.24, 2.45) is 11.8 Å². The second kappa shape index (κ2) is 60.8. The van der Waals surface area contributed by atoms with Gasteiger partial charge in [-0.25, -0.2) is 9.13 Å². The van der Waals surface area contributed by atoms with Crippen molar-refractivity contribution in [1.82, 2.24) is 0 Å². The number of esters is 4. The number of phosphoric acid groups is 2. The minimum Gasteiger partial charge on any atom is -0.462 e. The molecule has 0 spiro atoms. The summed E-state index contributed by atoms with van der Waals surface area (Å²) < 4.78 is 68.2. The van der Waals surface area contributed by atoms with E-state index in [0.717, 1.165) is 121 Å². The molecule has 0 fully saturated rings. The number of unbranched alkanes of at least 4 members (excludes halogenated alkanes) is 33. The molecule has 0 rings (SSSR count). The van der Waals surface area contributed by atoms with Crippen LogP contribution in [-0.4, -0.2) is 96.7 Å². The van der Waals surface area contributed by atoms with Gasteiger partial charge in [0.1, 0.15) is 19.3 Å². The molecule has 17 nitrogen and oxygen atoms in total. The molecule has 3 N–H and O–H groups in total. The molecular formula is C69H130O17P2. The summed E-state index contributed by atoms with van der Waals surface area (Å²) in [5, 5.41) is 10.6. The number of hydrogen-bond acceptors (Lipinski definition) is 15. The molecule has 19 heteroatoms.